The molecule has 2 fully saturated rings. The lowest BCUT2D eigenvalue weighted by molar-refractivity contribution is -0.0319. The third-order valence-corrected chi connectivity index (χ3v) is 7.37. The van der Waals surface area contributed by atoms with Gasteiger partial charge in [0.1, 0.15) is 0 Å². The maximum Gasteiger partial charge on any atom is 0.276 e. The molecule has 1 aliphatic carbocycles. The Hall–Kier alpha value is -3.18. The van der Waals surface area contributed by atoms with Crippen molar-refractivity contribution < 1.29 is 29.4 Å². The number of aliphatic hydroxyl groups is 2. The molecule has 0 aromatic heterocycles. The van der Waals surface area contributed by atoms with E-state index < -0.39 is 41.9 Å². The average molecular weight is 464 g/mol. The Morgan fingerprint density at radius 3 is 1.68 bits per heavy atom. The summed E-state index contributed by atoms with van der Waals surface area (Å²) in [5, 5.41) is 24.3. The maximum atomic E-state index is 13.4. The van der Waals surface area contributed by atoms with Crippen molar-refractivity contribution in [3.8, 4) is 0 Å². The number of benzene rings is 2. The van der Waals surface area contributed by atoms with E-state index >= 15 is 0 Å². The highest BCUT2D eigenvalue weighted by molar-refractivity contribution is 6.33. The van der Waals surface area contributed by atoms with Crippen LogP contribution < -0.4 is 5.43 Å². The average Bonchev–Trinajstić information content (AvgIpc) is 3.24. The standard InChI is InChI=1S/C24H24N4O6/c29-12-8-10-26(11-9-12)28-23(33)15-6-4-13-19-14(5-7-16(20(15)19)24(28)34)22(32)27(21(13)31)25-17-2-1-3-18(17)30/h4-7,12,17-18,25,29-30H,1-3,8-11H2. The summed E-state index contributed by atoms with van der Waals surface area (Å²) in [7, 11) is 0. The van der Waals surface area contributed by atoms with Crippen LogP contribution in [0.15, 0.2) is 24.3 Å². The first-order chi connectivity index (χ1) is 16.4. The van der Waals surface area contributed by atoms with E-state index in [0.717, 1.165) is 16.4 Å². The van der Waals surface area contributed by atoms with Crippen LogP contribution in [0.1, 0.15) is 73.5 Å². The van der Waals surface area contributed by atoms with Gasteiger partial charge in [-0.2, -0.15) is 0 Å². The number of nitrogens with one attached hydrogen (secondary N) is 1. The van der Waals surface area contributed by atoms with E-state index in [2.05, 4.69) is 5.43 Å². The number of amides is 4. The molecule has 10 nitrogen and oxygen atoms in total. The molecule has 176 valence electrons. The number of carbonyl (C=O) groups is 4. The van der Waals surface area contributed by atoms with Gasteiger partial charge in [-0.1, -0.05) is 0 Å². The molecule has 0 bridgehead atoms. The van der Waals surface area contributed by atoms with Crippen molar-refractivity contribution in [2.45, 2.75) is 50.4 Å². The quantitative estimate of drug-likeness (QED) is 0.570. The van der Waals surface area contributed by atoms with Crippen molar-refractivity contribution in [2.24, 2.45) is 0 Å². The number of hydrogen-bond acceptors (Lipinski definition) is 8. The smallest absolute Gasteiger partial charge is 0.276 e. The summed E-state index contributed by atoms with van der Waals surface area (Å²) in [5.74, 6) is -2.17. The van der Waals surface area contributed by atoms with Crippen LogP contribution in [0.4, 0.5) is 0 Å². The summed E-state index contributed by atoms with van der Waals surface area (Å²) in [4.78, 5) is 53.4. The van der Waals surface area contributed by atoms with E-state index in [-0.39, 0.29) is 22.3 Å². The number of rotatable bonds is 3. The molecule has 2 atom stereocenters. The molecule has 0 spiro atoms. The number of carbonyl (C=O) groups excluding carboxylic acids is 4. The largest absolute Gasteiger partial charge is 0.393 e. The van der Waals surface area contributed by atoms with Gasteiger partial charge >= 0.3 is 0 Å². The fraction of sp³-hybridized carbons (Fsp3) is 0.417. The molecule has 2 aromatic carbocycles. The monoisotopic (exact) mass is 464 g/mol. The third kappa shape index (κ3) is 2.96. The Labute approximate surface area is 194 Å². The zero-order valence-corrected chi connectivity index (χ0v) is 18.4. The van der Waals surface area contributed by atoms with Crippen molar-refractivity contribution in [1.82, 2.24) is 20.5 Å². The molecule has 3 heterocycles. The molecule has 34 heavy (non-hydrogen) atoms. The first-order valence-corrected chi connectivity index (χ1v) is 11.6. The van der Waals surface area contributed by atoms with Crippen LogP contribution in [0.25, 0.3) is 10.8 Å². The van der Waals surface area contributed by atoms with E-state index in [4.69, 9.17) is 0 Å². The van der Waals surface area contributed by atoms with Crippen molar-refractivity contribution in [1.29, 1.82) is 0 Å². The zero-order valence-electron chi connectivity index (χ0n) is 18.4. The van der Waals surface area contributed by atoms with Gasteiger partial charge in [-0.05, 0) is 56.4 Å². The van der Waals surface area contributed by atoms with Crippen molar-refractivity contribution in [3.63, 3.8) is 0 Å². The lowest BCUT2D eigenvalue weighted by atomic mass is 9.86. The van der Waals surface area contributed by atoms with Crippen LogP contribution in [-0.2, 0) is 0 Å². The van der Waals surface area contributed by atoms with Crippen LogP contribution >= 0.6 is 0 Å². The third-order valence-electron chi connectivity index (χ3n) is 7.37. The number of imide groups is 2. The second-order valence-electron chi connectivity index (χ2n) is 9.36. The predicted octanol–water partition coefficient (Wildman–Crippen LogP) is 0.821. The summed E-state index contributed by atoms with van der Waals surface area (Å²) in [5.41, 5.74) is 3.87. The Balaban J connectivity index is 1.42. The molecular formula is C24H24N4O6. The maximum absolute atomic E-state index is 13.4. The lowest BCUT2D eigenvalue weighted by Gasteiger charge is -2.39. The fourth-order valence-electron chi connectivity index (χ4n) is 5.55. The van der Waals surface area contributed by atoms with Gasteiger partial charge in [-0.25, -0.2) is 20.5 Å². The zero-order chi connectivity index (χ0) is 23.7. The van der Waals surface area contributed by atoms with Gasteiger partial charge in [0.05, 0.1) is 40.5 Å². The van der Waals surface area contributed by atoms with Crippen LogP contribution in [0.2, 0.25) is 0 Å². The van der Waals surface area contributed by atoms with Gasteiger partial charge in [0.25, 0.3) is 23.6 Å². The van der Waals surface area contributed by atoms with E-state index in [1.54, 1.807) is 5.01 Å². The molecule has 0 radical (unpaired) electrons. The Kier molecular flexibility index (Phi) is 4.82. The Morgan fingerprint density at radius 2 is 1.21 bits per heavy atom. The van der Waals surface area contributed by atoms with Crippen LogP contribution in [0, 0.1) is 0 Å². The molecule has 2 unspecified atom stereocenters. The fourth-order valence-corrected chi connectivity index (χ4v) is 5.55. The van der Waals surface area contributed by atoms with Gasteiger partial charge in [0.15, 0.2) is 0 Å². The summed E-state index contributed by atoms with van der Waals surface area (Å²) in [6, 6.07) is 5.70. The molecule has 4 aliphatic rings. The molecule has 6 rings (SSSR count). The lowest BCUT2D eigenvalue weighted by Crippen LogP contribution is -2.56. The molecule has 10 heteroatoms. The van der Waals surface area contributed by atoms with Crippen molar-refractivity contribution in [3.05, 3.63) is 46.5 Å². The number of nitrogens with zero attached hydrogens (tertiary/aromatic N) is 3. The van der Waals surface area contributed by atoms with Gasteiger partial charge in [-0.3, -0.25) is 19.2 Å². The molecule has 3 N–H and O–H groups in total. The highest BCUT2D eigenvalue weighted by Gasteiger charge is 2.43. The highest BCUT2D eigenvalue weighted by Crippen LogP contribution is 2.38. The topological polar surface area (TPSA) is 130 Å². The molecule has 3 aliphatic heterocycles. The second-order valence-corrected chi connectivity index (χ2v) is 9.36. The van der Waals surface area contributed by atoms with E-state index in [0.29, 0.717) is 49.5 Å². The number of hydrazine groups is 2. The molecule has 1 saturated carbocycles. The van der Waals surface area contributed by atoms with Crippen LogP contribution in [-0.4, -0.2) is 80.2 Å². The minimum absolute atomic E-state index is 0.227. The number of piperidine rings is 1. The Bertz CT molecular complexity index is 1200. The summed E-state index contributed by atoms with van der Waals surface area (Å²) in [6.07, 6.45) is 1.86. The first kappa shape index (κ1) is 21.4. The van der Waals surface area contributed by atoms with Crippen LogP contribution in [0.3, 0.4) is 0 Å². The summed E-state index contributed by atoms with van der Waals surface area (Å²) >= 11 is 0. The van der Waals surface area contributed by atoms with Gasteiger partial charge < -0.3 is 10.2 Å². The van der Waals surface area contributed by atoms with E-state index in [9.17, 15) is 29.4 Å². The van der Waals surface area contributed by atoms with Gasteiger partial charge in [0, 0.05) is 23.9 Å². The molecular weight excluding hydrogens is 440 g/mol. The SMILES string of the molecule is O=C1c2ccc3c4c(ccc(c24)C(=O)N1NC1CCCC1O)C(=O)N(N1CCC(O)CC1)C3=O. The molecule has 4 amide bonds. The van der Waals surface area contributed by atoms with Gasteiger partial charge in [-0.15, -0.1) is 0 Å². The summed E-state index contributed by atoms with van der Waals surface area (Å²) in [6.45, 7) is 0.746. The summed E-state index contributed by atoms with van der Waals surface area (Å²) < 4.78 is 0. The van der Waals surface area contributed by atoms with E-state index in [1.807, 2.05) is 0 Å². The highest BCUT2D eigenvalue weighted by atomic mass is 16.3. The minimum Gasteiger partial charge on any atom is -0.393 e. The van der Waals surface area contributed by atoms with Crippen molar-refractivity contribution >= 4 is 34.4 Å². The normalized spacial score (nSPS) is 25.7. The first-order valence-electron chi connectivity index (χ1n) is 11.6. The minimum atomic E-state index is -0.644. The molecule has 1 saturated heterocycles. The van der Waals surface area contributed by atoms with E-state index in [1.165, 1.54) is 24.3 Å². The predicted molar refractivity (Wildman–Crippen MR) is 119 cm³/mol. The van der Waals surface area contributed by atoms with Crippen molar-refractivity contribution in [2.75, 3.05) is 13.1 Å². The van der Waals surface area contributed by atoms with Crippen LogP contribution in [0.5, 0.6) is 0 Å². The number of aliphatic hydroxyl groups excluding tert-OH is 2. The number of hydrogen-bond donors (Lipinski definition) is 3. The Morgan fingerprint density at radius 1 is 0.706 bits per heavy atom. The van der Waals surface area contributed by atoms with Gasteiger partial charge in [0.2, 0.25) is 0 Å². The molecule has 2 aromatic rings. The second kappa shape index (κ2) is 7.67.